The van der Waals surface area contributed by atoms with Gasteiger partial charge in [-0.3, -0.25) is 4.79 Å². The number of aromatic nitrogens is 1. The van der Waals surface area contributed by atoms with Crippen LogP contribution in [-0.4, -0.2) is 17.5 Å². The fourth-order valence-corrected chi connectivity index (χ4v) is 3.40. The van der Waals surface area contributed by atoms with Gasteiger partial charge in [-0.25, -0.2) is 18.2 Å². The van der Waals surface area contributed by atoms with E-state index in [4.69, 9.17) is 4.74 Å². The number of halogens is 3. The lowest BCUT2D eigenvalue weighted by molar-refractivity contribution is 0.102. The van der Waals surface area contributed by atoms with Gasteiger partial charge in [0.1, 0.15) is 5.75 Å². The second-order valence-corrected chi connectivity index (χ2v) is 7.48. The first-order valence-corrected chi connectivity index (χ1v) is 10.6. The second-order valence-electron chi connectivity index (χ2n) is 7.48. The van der Waals surface area contributed by atoms with E-state index in [1.807, 2.05) is 24.3 Å². The molecule has 0 saturated heterocycles. The summed E-state index contributed by atoms with van der Waals surface area (Å²) in [4.78, 5) is 17.7. The van der Waals surface area contributed by atoms with Gasteiger partial charge in [-0.15, -0.1) is 0 Å². The smallest absolute Gasteiger partial charge is 0.256 e. The van der Waals surface area contributed by atoms with Crippen LogP contribution in [0, 0.1) is 17.5 Å². The van der Waals surface area contributed by atoms with Crippen LogP contribution in [0.2, 0.25) is 0 Å². The Hall–Kier alpha value is -3.87. The number of nitrogens with zero attached hydrogens (tertiary/aromatic N) is 1. The molecule has 1 N–H and O–H groups in total. The second kappa shape index (κ2) is 9.73. The van der Waals surface area contributed by atoms with Crippen LogP contribution in [0.1, 0.15) is 30.1 Å². The summed E-state index contributed by atoms with van der Waals surface area (Å²) >= 11 is 0. The number of pyridine rings is 1. The van der Waals surface area contributed by atoms with Crippen LogP contribution >= 0.6 is 0 Å². The summed E-state index contributed by atoms with van der Waals surface area (Å²) in [5, 5.41) is 2.88. The summed E-state index contributed by atoms with van der Waals surface area (Å²) in [5.74, 6) is -4.42. The van der Waals surface area contributed by atoms with Crippen LogP contribution in [0.4, 0.5) is 18.9 Å². The lowest BCUT2D eigenvalue weighted by Gasteiger charge is -2.12. The molecule has 168 valence electrons. The number of benzene rings is 3. The van der Waals surface area contributed by atoms with Crippen molar-refractivity contribution in [2.45, 2.75) is 19.8 Å². The van der Waals surface area contributed by atoms with E-state index in [0.717, 1.165) is 30.5 Å². The number of ether oxygens (including phenoxy) is 1. The molecule has 1 aromatic heterocycles. The Morgan fingerprint density at radius 1 is 0.970 bits per heavy atom. The summed E-state index contributed by atoms with van der Waals surface area (Å²) in [6.07, 6.45) is 1.95. The minimum atomic E-state index is -1.65. The molecule has 0 atom stereocenters. The number of carbonyl (C=O) groups is 1. The van der Waals surface area contributed by atoms with Gasteiger partial charge in [0.05, 0.1) is 29.1 Å². The molecule has 0 aliphatic carbocycles. The average molecular weight is 450 g/mol. The van der Waals surface area contributed by atoms with Crippen molar-refractivity contribution in [1.29, 1.82) is 0 Å². The molecule has 0 spiro atoms. The molecule has 4 nitrogen and oxygen atoms in total. The monoisotopic (exact) mass is 450 g/mol. The Kier molecular flexibility index (Phi) is 6.58. The SMILES string of the molecule is CCCCOc1cccc(-c2cc(C(=O)Nc3ccc(F)c(F)c3F)c3ccccc3n2)c1. The van der Waals surface area contributed by atoms with Gasteiger partial charge >= 0.3 is 0 Å². The van der Waals surface area contributed by atoms with E-state index in [1.165, 1.54) is 0 Å². The highest BCUT2D eigenvalue weighted by atomic mass is 19.2. The summed E-state index contributed by atoms with van der Waals surface area (Å²) in [5.41, 5.74) is 1.58. The largest absolute Gasteiger partial charge is 0.494 e. The van der Waals surface area contributed by atoms with Crippen molar-refractivity contribution in [2.24, 2.45) is 0 Å². The number of unbranched alkanes of at least 4 members (excludes halogenated alkanes) is 1. The average Bonchev–Trinajstić information content (AvgIpc) is 2.84. The molecule has 4 rings (SSSR count). The Morgan fingerprint density at radius 3 is 2.61 bits per heavy atom. The van der Waals surface area contributed by atoms with E-state index in [1.54, 1.807) is 30.3 Å². The number of hydrogen-bond acceptors (Lipinski definition) is 3. The van der Waals surface area contributed by atoms with Crippen LogP contribution < -0.4 is 10.1 Å². The Balaban J connectivity index is 1.73. The molecule has 0 fully saturated rings. The number of carbonyl (C=O) groups excluding carboxylic acids is 1. The molecule has 1 heterocycles. The lowest BCUT2D eigenvalue weighted by Crippen LogP contribution is -2.15. The Labute approximate surface area is 189 Å². The zero-order valence-corrected chi connectivity index (χ0v) is 17.9. The van der Waals surface area contributed by atoms with Gasteiger partial charge in [-0.1, -0.05) is 43.7 Å². The third-order valence-electron chi connectivity index (χ3n) is 5.14. The molecule has 7 heteroatoms. The number of amides is 1. The van der Waals surface area contributed by atoms with Gasteiger partial charge in [0.2, 0.25) is 0 Å². The standard InChI is InChI=1S/C26H21F3N2O2/c1-2-3-13-33-17-8-6-7-16(14-17)23-15-19(18-9-4-5-10-21(18)30-23)26(32)31-22-12-11-20(27)24(28)25(22)29/h4-12,14-15H,2-3,13H2,1H3,(H,31,32). The number of para-hydroxylation sites is 1. The maximum Gasteiger partial charge on any atom is 0.256 e. The maximum absolute atomic E-state index is 14.1. The Morgan fingerprint density at radius 2 is 1.79 bits per heavy atom. The zero-order chi connectivity index (χ0) is 23.4. The fraction of sp³-hybridized carbons (Fsp3) is 0.154. The number of hydrogen-bond donors (Lipinski definition) is 1. The van der Waals surface area contributed by atoms with Gasteiger partial charge in [0.15, 0.2) is 17.5 Å². The van der Waals surface area contributed by atoms with Crippen LogP contribution in [0.15, 0.2) is 66.7 Å². The molecule has 0 radical (unpaired) electrons. The summed E-state index contributed by atoms with van der Waals surface area (Å²) in [6.45, 7) is 2.68. The molecule has 0 unspecified atom stereocenters. The summed E-state index contributed by atoms with van der Waals surface area (Å²) < 4.78 is 46.7. The van der Waals surface area contributed by atoms with Crippen LogP contribution in [0.5, 0.6) is 5.75 Å². The van der Waals surface area contributed by atoms with Crippen molar-refractivity contribution in [3.63, 3.8) is 0 Å². The highest BCUT2D eigenvalue weighted by Crippen LogP contribution is 2.28. The molecule has 3 aromatic carbocycles. The van der Waals surface area contributed by atoms with Crippen LogP contribution in [0.3, 0.4) is 0 Å². The molecule has 0 aliphatic rings. The van der Waals surface area contributed by atoms with E-state index in [-0.39, 0.29) is 5.56 Å². The molecule has 0 aliphatic heterocycles. The number of anilines is 1. The van der Waals surface area contributed by atoms with E-state index in [2.05, 4.69) is 17.2 Å². The highest BCUT2D eigenvalue weighted by molar-refractivity contribution is 6.13. The minimum Gasteiger partial charge on any atom is -0.494 e. The normalized spacial score (nSPS) is 10.9. The third kappa shape index (κ3) is 4.82. The highest BCUT2D eigenvalue weighted by Gasteiger charge is 2.19. The first kappa shape index (κ1) is 22.3. The zero-order valence-electron chi connectivity index (χ0n) is 17.9. The predicted molar refractivity (Wildman–Crippen MR) is 122 cm³/mol. The first-order chi connectivity index (χ1) is 16.0. The molecule has 0 saturated carbocycles. The van der Waals surface area contributed by atoms with E-state index < -0.39 is 29.0 Å². The van der Waals surface area contributed by atoms with Gasteiger partial charge in [-0.2, -0.15) is 0 Å². The molecule has 1 amide bonds. The van der Waals surface area contributed by atoms with Crippen molar-refractivity contribution < 1.29 is 22.7 Å². The van der Waals surface area contributed by atoms with Gasteiger partial charge in [-0.05, 0) is 42.8 Å². The predicted octanol–water partition coefficient (Wildman–Crippen LogP) is 6.75. The van der Waals surface area contributed by atoms with Crippen LogP contribution in [-0.2, 0) is 0 Å². The summed E-state index contributed by atoms with van der Waals surface area (Å²) in [7, 11) is 0. The third-order valence-corrected chi connectivity index (χ3v) is 5.14. The van der Waals surface area contributed by atoms with Gasteiger partial charge in [0.25, 0.3) is 5.91 Å². The molecular formula is C26H21F3N2O2. The van der Waals surface area contributed by atoms with Crippen molar-refractivity contribution in [2.75, 3.05) is 11.9 Å². The van der Waals surface area contributed by atoms with Crippen molar-refractivity contribution >= 4 is 22.5 Å². The van der Waals surface area contributed by atoms with Gasteiger partial charge in [0, 0.05) is 10.9 Å². The number of nitrogens with one attached hydrogen (secondary N) is 1. The quantitative estimate of drug-likeness (QED) is 0.250. The van der Waals surface area contributed by atoms with E-state index in [9.17, 15) is 18.0 Å². The first-order valence-electron chi connectivity index (χ1n) is 10.6. The van der Waals surface area contributed by atoms with Crippen LogP contribution in [0.25, 0.3) is 22.2 Å². The minimum absolute atomic E-state index is 0.219. The van der Waals surface area contributed by atoms with Crippen molar-refractivity contribution in [3.8, 4) is 17.0 Å². The molecule has 4 aromatic rings. The molecule has 0 bridgehead atoms. The molecular weight excluding hydrogens is 429 g/mol. The van der Waals surface area contributed by atoms with Gasteiger partial charge < -0.3 is 10.1 Å². The summed E-state index contributed by atoms with van der Waals surface area (Å²) in [6, 6.07) is 17.7. The number of fused-ring (bicyclic) bond motifs is 1. The number of rotatable bonds is 7. The maximum atomic E-state index is 14.1. The lowest BCUT2D eigenvalue weighted by atomic mass is 10.0. The van der Waals surface area contributed by atoms with E-state index in [0.29, 0.717) is 29.0 Å². The fourth-order valence-electron chi connectivity index (χ4n) is 3.40. The van der Waals surface area contributed by atoms with Crippen molar-refractivity contribution in [3.05, 3.63) is 89.7 Å². The van der Waals surface area contributed by atoms with Crippen molar-refractivity contribution in [1.82, 2.24) is 4.98 Å². The van der Waals surface area contributed by atoms with E-state index >= 15 is 0 Å². The Bertz CT molecular complexity index is 1320. The topological polar surface area (TPSA) is 51.2 Å². The molecule has 33 heavy (non-hydrogen) atoms.